The average molecular weight is 299 g/mol. The summed E-state index contributed by atoms with van der Waals surface area (Å²) in [6, 6.07) is 10.5. The van der Waals surface area contributed by atoms with Crippen molar-refractivity contribution < 1.29 is 9.21 Å². The molecule has 1 aromatic carbocycles. The van der Waals surface area contributed by atoms with Crippen LogP contribution in [0.4, 0.5) is 5.69 Å². The van der Waals surface area contributed by atoms with E-state index < -0.39 is 5.91 Å². The zero-order valence-electron chi connectivity index (χ0n) is 13.0. The molecule has 1 N–H and O–H groups in total. The molecule has 0 saturated heterocycles. The molecular formula is C18H21NO3. The van der Waals surface area contributed by atoms with Gasteiger partial charge in [0.15, 0.2) is 5.43 Å². The fourth-order valence-electron chi connectivity index (χ4n) is 2.33. The van der Waals surface area contributed by atoms with Crippen molar-refractivity contribution in [2.24, 2.45) is 0 Å². The van der Waals surface area contributed by atoms with Crippen molar-refractivity contribution in [2.75, 3.05) is 5.32 Å². The molecule has 2 rings (SSSR count). The number of carbonyl (C=O) groups is 1. The van der Waals surface area contributed by atoms with Crippen LogP contribution < -0.4 is 10.7 Å². The highest BCUT2D eigenvalue weighted by molar-refractivity contribution is 6.04. The third-order valence-corrected chi connectivity index (χ3v) is 3.41. The van der Waals surface area contributed by atoms with Gasteiger partial charge in [-0.2, -0.15) is 0 Å². The van der Waals surface area contributed by atoms with Gasteiger partial charge in [0.05, 0.1) is 0 Å². The first-order chi connectivity index (χ1) is 10.6. The quantitative estimate of drug-likeness (QED) is 0.822. The molecule has 4 nitrogen and oxygen atoms in total. The summed E-state index contributed by atoms with van der Waals surface area (Å²) < 4.78 is 5.63. The fraction of sp³-hybridized carbons (Fsp3) is 0.333. The van der Waals surface area contributed by atoms with Gasteiger partial charge >= 0.3 is 0 Å². The summed E-state index contributed by atoms with van der Waals surface area (Å²) in [5.74, 6) is 0.603. The average Bonchev–Trinajstić information content (AvgIpc) is 2.47. The van der Waals surface area contributed by atoms with Crippen molar-refractivity contribution in [1.29, 1.82) is 0 Å². The summed E-state index contributed by atoms with van der Waals surface area (Å²) in [5, 5.41) is 2.75. The van der Waals surface area contributed by atoms with Crippen molar-refractivity contribution in [3.63, 3.8) is 0 Å². The number of unbranched alkanes of at least 4 members (excludes halogenated alkanes) is 2. The van der Waals surface area contributed by atoms with Gasteiger partial charge in [-0.15, -0.1) is 0 Å². The van der Waals surface area contributed by atoms with E-state index in [1.807, 2.05) is 18.2 Å². The molecule has 0 radical (unpaired) electrons. The number of benzene rings is 1. The van der Waals surface area contributed by atoms with E-state index in [4.69, 9.17) is 4.42 Å². The van der Waals surface area contributed by atoms with Gasteiger partial charge in [0.25, 0.3) is 5.91 Å². The van der Waals surface area contributed by atoms with Crippen molar-refractivity contribution in [2.45, 2.75) is 39.5 Å². The second kappa shape index (κ2) is 7.59. The normalized spacial score (nSPS) is 10.5. The first-order valence-corrected chi connectivity index (χ1v) is 7.62. The lowest BCUT2D eigenvalue weighted by molar-refractivity contribution is 0.102. The second-order valence-corrected chi connectivity index (χ2v) is 5.30. The number of aryl methyl sites for hydroxylation is 2. The molecule has 0 aliphatic rings. The van der Waals surface area contributed by atoms with Gasteiger partial charge in [-0.1, -0.05) is 38.0 Å². The number of nitrogens with one attached hydrogen (secondary N) is 1. The molecule has 0 fully saturated rings. The van der Waals surface area contributed by atoms with Crippen molar-refractivity contribution >= 4 is 11.6 Å². The standard InChI is InChI=1S/C18H21NO3/c1-3-4-6-11-16-17(15(20)12-13(2)22-16)18(21)19-14-9-7-5-8-10-14/h5,7-10,12H,3-4,6,11H2,1-2H3,(H,19,21). The van der Waals surface area contributed by atoms with Crippen LogP contribution in [0, 0.1) is 6.92 Å². The maximum Gasteiger partial charge on any atom is 0.263 e. The van der Waals surface area contributed by atoms with Crippen LogP contribution in [0.25, 0.3) is 0 Å². The summed E-state index contributed by atoms with van der Waals surface area (Å²) >= 11 is 0. The monoisotopic (exact) mass is 299 g/mol. The number of hydrogen-bond acceptors (Lipinski definition) is 3. The molecule has 2 aromatic rings. The Morgan fingerprint density at radius 1 is 1.18 bits per heavy atom. The predicted molar refractivity (Wildman–Crippen MR) is 87.3 cm³/mol. The van der Waals surface area contributed by atoms with Gasteiger partial charge in [0, 0.05) is 18.2 Å². The molecule has 0 spiro atoms. The third kappa shape index (κ3) is 4.07. The van der Waals surface area contributed by atoms with E-state index >= 15 is 0 Å². The van der Waals surface area contributed by atoms with Crippen LogP contribution >= 0.6 is 0 Å². The lowest BCUT2D eigenvalue weighted by Crippen LogP contribution is -2.23. The summed E-state index contributed by atoms with van der Waals surface area (Å²) in [4.78, 5) is 24.6. The summed E-state index contributed by atoms with van der Waals surface area (Å²) in [6.45, 7) is 3.83. The first kappa shape index (κ1) is 16.0. The third-order valence-electron chi connectivity index (χ3n) is 3.41. The molecule has 0 saturated carbocycles. The van der Waals surface area contributed by atoms with Crippen molar-refractivity contribution in [3.05, 3.63) is 63.7 Å². The predicted octanol–water partition coefficient (Wildman–Crippen LogP) is 3.93. The van der Waals surface area contributed by atoms with Crippen molar-refractivity contribution in [3.8, 4) is 0 Å². The highest BCUT2D eigenvalue weighted by Crippen LogP contribution is 2.14. The van der Waals surface area contributed by atoms with E-state index in [9.17, 15) is 9.59 Å². The van der Waals surface area contributed by atoms with E-state index in [1.165, 1.54) is 6.07 Å². The van der Waals surface area contributed by atoms with Gasteiger partial charge in [-0.05, 0) is 25.5 Å². The molecule has 0 aliphatic heterocycles. The topological polar surface area (TPSA) is 59.3 Å². The SMILES string of the molecule is CCCCCc1oc(C)cc(=O)c1C(=O)Nc1ccccc1. The highest BCUT2D eigenvalue weighted by Gasteiger charge is 2.18. The van der Waals surface area contributed by atoms with Crippen LogP contribution in [-0.2, 0) is 6.42 Å². The van der Waals surface area contributed by atoms with Crippen LogP contribution in [-0.4, -0.2) is 5.91 Å². The van der Waals surface area contributed by atoms with Gasteiger partial charge < -0.3 is 9.73 Å². The Kier molecular flexibility index (Phi) is 5.53. The minimum Gasteiger partial charge on any atom is -0.465 e. The Balaban J connectivity index is 2.28. The van der Waals surface area contributed by atoms with Gasteiger partial charge in [-0.3, -0.25) is 9.59 Å². The van der Waals surface area contributed by atoms with E-state index in [-0.39, 0.29) is 11.0 Å². The Hall–Kier alpha value is -2.36. The molecule has 1 heterocycles. The maximum atomic E-state index is 12.4. The number of rotatable bonds is 6. The smallest absolute Gasteiger partial charge is 0.263 e. The van der Waals surface area contributed by atoms with Crippen LogP contribution in [0.1, 0.15) is 48.1 Å². The number of carbonyl (C=O) groups excluding carboxylic acids is 1. The first-order valence-electron chi connectivity index (χ1n) is 7.62. The fourth-order valence-corrected chi connectivity index (χ4v) is 2.33. The van der Waals surface area contributed by atoms with Crippen LogP contribution in [0.2, 0.25) is 0 Å². The Morgan fingerprint density at radius 3 is 2.59 bits per heavy atom. The number of anilines is 1. The minimum atomic E-state index is -0.411. The van der Waals surface area contributed by atoms with Crippen LogP contribution in [0.5, 0.6) is 0 Å². The molecule has 1 aromatic heterocycles. The Bertz CT molecular complexity index is 689. The summed E-state index contributed by atoms with van der Waals surface area (Å²) in [6.07, 6.45) is 3.61. The summed E-state index contributed by atoms with van der Waals surface area (Å²) in [7, 11) is 0. The maximum absolute atomic E-state index is 12.4. The van der Waals surface area contributed by atoms with E-state index in [0.29, 0.717) is 23.6 Å². The number of para-hydroxylation sites is 1. The minimum absolute atomic E-state index is 0.116. The van der Waals surface area contributed by atoms with Crippen LogP contribution in [0.15, 0.2) is 45.6 Å². The molecule has 0 atom stereocenters. The van der Waals surface area contributed by atoms with Gasteiger partial charge in [0.1, 0.15) is 17.1 Å². The zero-order valence-corrected chi connectivity index (χ0v) is 13.0. The molecule has 0 aliphatic carbocycles. The van der Waals surface area contributed by atoms with E-state index in [0.717, 1.165) is 19.3 Å². The second-order valence-electron chi connectivity index (χ2n) is 5.30. The van der Waals surface area contributed by atoms with Crippen molar-refractivity contribution in [1.82, 2.24) is 0 Å². The van der Waals surface area contributed by atoms with E-state index in [1.54, 1.807) is 19.1 Å². The Labute approximate surface area is 130 Å². The number of hydrogen-bond donors (Lipinski definition) is 1. The molecule has 0 unspecified atom stereocenters. The molecule has 1 amide bonds. The molecule has 0 bridgehead atoms. The largest absolute Gasteiger partial charge is 0.465 e. The molecule has 4 heteroatoms. The van der Waals surface area contributed by atoms with E-state index in [2.05, 4.69) is 12.2 Å². The molecule has 22 heavy (non-hydrogen) atoms. The zero-order chi connectivity index (χ0) is 15.9. The summed E-state index contributed by atoms with van der Waals surface area (Å²) in [5.41, 5.74) is 0.487. The molecule has 116 valence electrons. The lowest BCUT2D eigenvalue weighted by Gasteiger charge is -2.09. The number of amides is 1. The Morgan fingerprint density at radius 2 is 1.91 bits per heavy atom. The van der Waals surface area contributed by atoms with Gasteiger partial charge in [-0.25, -0.2) is 0 Å². The van der Waals surface area contributed by atoms with Gasteiger partial charge in [0.2, 0.25) is 0 Å². The lowest BCUT2D eigenvalue weighted by atomic mass is 10.1. The highest BCUT2D eigenvalue weighted by atomic mass is 16.3. The molecular weight excluding hydrogens is 278 g/mol. The van der Waals surface area contributed by atoms with Crippen LogP contribution in [0.3, 0.4) is 0 Å².